The SMILES string of the molecule is CC(C)N(CCCO)c1cccc([N+](=O)[O-])c1. The molecule has 0 saturated heterocycles. The lowest BCUT2D eigenvalue weighted by Gasteiger charge is -2.28. The molecule has 0 aromatic heterocycles. The largest absolute Gasteiger partial charge is 0.396 e. The number of hydrogen-bond donors (Lipinski definition) is 1. The predicted octanol–water partition coefficient (Wildman–Crippen LogP) is 2.19. The third-order valence-electron chi connectivity index (χ3n) is 2.55. The van der Waals surface area contributed by atoms with E-state index in [1.54, 1.807) is 12.1 Å². The van der Waals surface area contributed by atoms with E-state index in [1.165, 1.54) is 6.07 Å². The van der Waals surface area contributed by atoms with Gasteiger partial charge in [0.1, 0.15) is 0 Å². The van der Waals surface area contributed by atoms with Crippen molar-refractivity contribution < 1.29 is 10.0 Å². The number of hydrogen-bond acceptors (Lipinski definition) is 4. The molecule has 0 fully saturated rings. The first-order chi connectivity index (χ1) is 8.06. The number of nitrogens with zero attached hydrogens (tertiary/aromatic N) is 2. The molecular weight excluding hydrogens is 220 g/mol. The summed E-state index contributed by atoms with van der Waals surface area (Å²) >= 11 is 0. The van der Waals surface area contributed by atoms with Gasteiger partial charge in [0.05, 0.1) is 4.92 Å². The van der Waals surface area contributed by atoms with Crippen LogP contribution in [0.3, 0.4) is 0 Å². The summed E-state index contributed by atoms with van der Waals surface area (Å²) in [6, 6.07) is 6.82. The van der Waals surface area contributed by atoms with Crippen molar-refractivity contribution in [1.29, 1.82) is 0 Å². The summed E-state index contributed by atoms with van der Waals surface area (Å²) in [5.74, 6) is 0. The number of aliphatic hydroxyl groups excluding tert-OH is 1. The summed E-state index contributed by atoms with van der Waals surface area (Å²) in [6.45, 7) is 4.86. The minimum Gasteiger partial charge on any atom is -0.396 e. The van der Waals surface area contributed by atoms with Gasteiger partial charge in [-0.1, -0.05) is 6.07 Å². The van der Waals surface area contributed by atoms with Crippen molar-refractivity contribution in [2.45, 2.75) is 26.3 Å². The normalized spacial score (nSPS) is 10.6. The molecule has 94 valence electrons. The molecule has 5 nitrogen and oxygen atoms in total. The highest BCUT2D eigenvalue weighted by molar-refractivity contribution is 5.53. The molecule has 0 aliphatic rings. The predicted molar refractivity (Wildman–Crippen MR) is 67.3 cm³/mol. The Morgan fingerprint density at radius 3 is 2.71 bits per heavy atom. The summed E-state index contributed by atoms with van der Waals surface area (Å²) in [5.41, 5.74) is 0.916. The molecule has 0 aliphatic heterocycles. The minimum atomic E-state index is -0.395. The second-order valence-electron chi connectivity index (χ2n) is 4.14. The Hall–Kier alpha value is -1.62. The molecule has 0 saturated carbocycles. The first-order valence-corrected chi connectivity index (χ1v) is 5.68. The molecule has 0 unspecified atom stereocenters. The Kier molecular flexibility index (Phi) is 4.90. The van der Waals surface area contributed by atoms with Crippen LogP contribution in [-0.4, -0.2) is 29.2 Å². The molecule has 1 rings (SSSR count). The third kappa shape index (κ3) is 3.71. The van der Waals surface area contributed by atoms with E-state index in [-0.39, 0.29) is 18.3 Å². The van der Waals surface area contributed by atoms with E-state index in [1.807, 2.05) is 24.8 Å². The van der Waals surface area contributed by atoms with E-state index in [4.69, 9.17) is 5.11 Å². The number of benzene rings is 1. The quantitative estimate of drug-likeness (QED) is 0.609. The van der Waals surface area contributed by atoms with Gasteiger partial charge >= 0.3 is 0 Å². The maximum atomic E-state index is 10.7. The molecule has 0 atom stereocenters. The Morgan fingerprint density at radius 1 is 1.47 bits per heavy atom. The number of nitro benzene ring substituents is 1. The fourth-order valence-electron chi connectivity index (χ4n) is 1.71. The van der Waals surface area contributed by atoms with Crippen molar-refractivity contribution in [3.05, 3.63) is 34.4 Å². The molecule has 17 heavy (non-hydrogen) atoms. The van der Waals surface area contributed by atoms with Crippen molar-refractivity contribution >= 4 is 11.4 Å². The molecule has 1 aromatic carbocycles. The number of anilines is 1. The molecule has 0 heterocycles. The van der Waals surface area contributed by atoms with Gasteiger partial charge in [0.15, 0.2) is 0 Å². The van der Waals surface area contributed by atoms with Gasteiger partial charge in [0, 0.05) is 37.0 Å². The standard InChI is InChI=1S/C12H18N2O3/c1-10(2)13(7-4-8-15)11-5-3-6-12(9-11)14(16)17/h3,5-6,9-10,15H,4,7-8H2,1-2H3. The van der Waals surface area contributed by atoms with Crippen LogP contribution in [0.15, 0.2) is 24.3 Å². The molecule has 0 spiro atoms. The highest BCUT2D eigenvalue weighted by atomic mass is 16.6. The van der Waals surface area contributed by atoms with E-state index >= 15 is 0 Å². The van der Waals surface area contributed by atoms with Gasteiger partial charge in [-0.25, -0.2) is 0 Å². The van der Waals surface area contributed by atoms with E-state index in [9.17, 15) is 10.1 Å². The van der Waals surface area contributed by atoms with Gasteiger partial charge < -0.3 is 10.0 Å². The maximum Gasteiger partial charge on any atom is 0.271 e. The fraction of sp³-hybridized carbons (Fsp3) is 0.500. The van der Waals surface area contributed by atoms with E-state index < -0.39 is 4.92 Å². The number of rotatable bonds is 6. The van der Waals surface area contributed by atoms with Crippen LogP contribution >= 0.6 is 0 Å². The van der Waals surface area contributed by atoms with Gasteiger partial charge in [-0.3, -0.25) is 10.1 Å². The smallest absolute Gasteiger partial charge is 0.271 e. The van der Waals surface area contributed by atoms with Crippen LogP contribution in [0.25, 0.3) is 0 Å². The van der Waals surface area contributed by atoms with Crippen LogP contribution in [-0.2, 0) is 0 Å². The molecule has 0 bridgehead atoms. The van der Waals surface area contributed by atoms with Gasteiger partial charge in [-0.05, 0) is 26.3 Å². The Labute approximate surface area is 101 Å². The van der Waals surface area contributed by atoms with Crippen LogP contribution in [0.2, 0.25) is 0 Å². The van der Waals surface area contributed by atoms with E-state index in [2.05, 4.69) is 0 Å². The molecule has 5 heteroatoms. The summed E-state index contributed by atoms with van der Waals surface area (Å²) in [7, 11) is 0. The molecule has 0 amide bonds. The summed E-state index contributed by atoms with van der Waals surface area (Å²) in [5, 5.41) is 19.6. The van der Waals surface area contributed by atoms with Gasteiger partial charge in [-0.15, -0.1) is 0 Å². The van der Waals surface area contributed by atoms with Crippen LogP contribution in [0.5, 0.6) is 0 Å². The van der Waals surface area contributed by atoms with Crippen LogP contribution in [0.1, 0.15) is 20.3 Å². The van der Waals surface area contributed by atoms with Crippen LogP contribution < -0.4 is 4.90 Å². The molecular formula is C12H18N2O3. The van der Waals surface area contributed by atoms with Crippen molar-refractivity contribution in [2.75, 3.05) is 18.1 Å². The van der Waals surface area contributed by atoms with Crippen molar-refractivity contribution in [2.24, 2.45) is 0 Å². The second kappa shape index (κ2) is 6.20. The fourth-order valence-corrected chi connectivity index (χ4v) is 1.71. The summed E-state index contributed by atoms with van der Waals surface area (Å²) < 4.78 is 0. The first kappa shape index (κ1) is 13.4. The molecule has 0 aliphatic carbocycles. The van der Waals surface area contributed by atoms with Gasteiger partial charge in [-0.2, -0.15) is 0 Å². The maximum absolute atomic E-state index is 10.7. The van der Waals surface area contributed by atoms with Gasteiger partial charge in [0.25, 0.3) is 5.69 Å². The lowest BCUT2D eigenvalue weighted by molar-refractivity contribution is -0.384. The average molecular weight is 238 g/mol. The number of nitro groups is 1. The monoisotopic (exact) mass is 238 g/mol. The molecule has 1 N–H and O–H groups in total. The second-order valence-corrected chi connectivity index (χ2v) is 4.14. The summed E-state index contributed by atoms with van der Waals surface area (Å²) in [6.07, 6.45) is 0.654. The first-order valence-electron chi connectivity index (χ1n) is 5.68. The Balaban J connectivity index is 2.93. The molecule has 1 aromatic rings. The van der Waals surface area contributed by atoms with Crippen molar-refractivity contribution in [3.63, 3.8) is 0 Å². The zero-order valence-electron chi connectivity index (χ0n) is 10.2. The number of non-ortho nitro benzene ring substituents is 1. The van der Waals surface area contributed by atoms with Crippen molar-refractivity contribution in [3.8, 4) is 0 Å². The van der Waals surface area contributed by atoms with Gasteiger partial charge in [0.2, 0.25) is 0 Å². The lowest BCUT2D eigenvalue weighted by Crippen LogP contribution is -2.32. The van der Waals surface area contributed by atoms with Crippen molar-refractivity contribution in [1.82, 2.24) is 0 Å². The Morgan fingerprint density at radius 2 is 2.18 bits per heavy atom. The minimum absolute atomic E-state index is 0.0946. The molecule has 0 radical (unpaired) electrons. The zero-order chi connectivity index (χ0) is 12.8. The highest BCUT2D eigenvalue weighted by Crippen LogP contribution is 2.22. The van der Waals surface area contributed by atoms with E-state index in [0.717, 1.165) is 5.69 Å². The zero-order valence-corrected chi connectivity index (χ0v) is 10.2. The Bertz CT molecular complexity index is 380. The topological polar surface area (TPSA) is 66.6 Å². The third-order valence-corrected chi connectivity index (χ3v) is 2.55. The average Bonchev–Trinajstić information content (AvgIpc) is 2.29. The lowest BCUT2D eigenvalue weighted by atomic mass is 10.2. The van der Waals surface area contributed by atoms with Crippen LogP contribution in [0.4, 0.5) is 11.4 Å². The summed E-state index contributed by atoms with van der Waals surface area (Å²) in [4.78, 5) is 12.4. The van der Waals surface area contributed by atoms with E-state index in [0.29, 0.717) is 13.0 Å². The van der Waals surface area contributed by atoms with Crippen LogP contribution in [0, 0.1) is 10.1 Å². The number of aliphatic hydroxyl groups is 1. The highest BCUT2D eigenvalue weighted by Gasteiger charge is 2.13.